The fraction of sp³-hybridized carbons (Fsp3) is 0.400. The molecule has 0 bridgehead atoms. The van der Waals surface area contributed by atoms with Gasteiger partial charge in [-0.15, -0.1) is 0 Å². The summed E-state index contributed by atoms with van der Waals surface area (Å²) in [5.41, 5.74) is 4.44. The molecule has 1 aromatic carbocycles. The molecule has 2 N–H and O–H groups in total. The number of hydrogen-bond donors (Lipinski definition) is 1. The highest BCUT2D eigenvalue weighted by molar-refractivity contribution is 7.90. The van der Waals surface area contributed by atoms with E-state index in [4.69, 9.17) is 5.73 Å². The van der Waals surface area contributed by atoms with Gasteiger partial charge < -0.3 is 10.5 Å². The summed E-state index contributed by atoms with van der Waals surface area (Å²) in [6.07, 6.45) is -14.9. The molecular formula is C10H9F6NO3S. The maximum atomic E-state index is 12.4. The lowest BCUT2D eigenvalue weighted by Crippen LogP contribution is -2.46. The predicted octanol–water partition coefficient (Wildman–Crippen LogP) is 2.54. The number of sulfone groups is 1. The zero-order valence-corrected chi connectivity index (χ0v) is 11.1. The minimum absolute atomic E-state index is 0.622. The first-order valence-electron chi connectivity index (χ1n) is 5.13. The van der Waals surface area contributed by atoms with E-state index in [2.05, 4.69) is 4.74 Å². The molecule has 11 heteroatoms. The third kappa shape index (κ3) is 4.16. The van der Waals surface area contributed by atoms with Crippen molar-refractivity contribution in [3.05, 3.63) is 18.2 Å². The van der Waals surface area contributed by atoms with E-state index in [0.717, 1.165) is 12.1 Å². The minimum atomic E-state index is -5.73. The third-order valence-corrected chi connectivity index (χ3v) is 3.42. The highest BCUT2D eigenvalue weighted by atomic mass is 32.2. The highest BCUT2D eigenvalue weighted by Crippen LogP contribution is 2.39. The number of anilines is 1. The van der Waals surface area contributed by atoms with Crippen molar-refractivity contribution in [1.82, 2.24) is 0 Å². The number of alkyl halides is 6. The summed E-state index contributed by atoms with van der Waals surface area (Å²) in [4.78, 5) is -0.622. The van der Waals surface area contributed by atoms with Crippen molar-refractivity contribution < 1.29 is 39.5 Å². The van der Waals surface area contributed by atoms with Crippen LogP contribution in [-0.4, -0.2) is 33.1 Å². The van der Waals surface area contributed by atoms with Gasteiger partial charge in [0, 0.05) is 6.26 Å². The van der Waals surface area contributed by atoms with Crippen LogP contribution in [0.3, 0.4) is 0 Å². The summed E-state index contributed by atoms with van der Waals surface area (Å²) in [5, 5.41) is 0. The number of halogens is 6. The van der Waals surface area contributed by atoms with Gasteiger partial charge >= 0.3 is 12.4 Å². The first-order chi connectivity index (χ1) is 9.24. The van der Waals surface area contributed by atoms with Gasteiger partial charge in [0.15, 0.2) is 9.84 Å². The molecule has 0 aliphatic carbocycles. The summed E-state index contributed by atoms with van der Waals surface area (Å²) < 4.78 is 101. The van der Waals surface area contributed by atoms with Crippen LogP contribution in [0.5, 0.6) is 5.75 Å². The lowest BCUT2D eigenvalue weighted by atomic mass is 10.2. The number of ether oxygens (including phenoxy) is 1. The summed E-state index contributed by atoms with van der Waals surface area (Å²) in [5.74, 6) is -1.02. The van der Waals surface area contributed by atoms with Crippen molar-refractivity contribution in [2.75, 3.05) is 12.0 Å². The minimum Gasteiger partial charge on any atom is -0.469 e. The Bertz CT molecular complexity index is 609. The Morgan fingerprint density at radius 3 is 1.95 bits per heavy atom. The Morgan fingerprint density at radius 2 is 1.57 bits per heavy atom. The van der Waals surface area contributed by atoms with E-state index in [1.807, 2.05) is 0 Å². The van der Waals surface area contributed by atoms with Gasteiger partial charge in [-0.3, -0.25) is 0 Å². The number of nitrogen functional groups attached to an aromatic ring is 1. The average Bonchev–Trinajstić information content (AvgIpc) is 2.22. The van der Waals surface area contributed by atoms with Crippen LogP contribution in [0, 0.1) is 0 Å². The van der Waals surface area contributed by atoms with E-state index in [1.165, 1.54) is 0 Å². The molecule has 0 unspecified atom stereocenters. The van der Waals surface area contributed by atoms with Crippen molar-refractivity contribution >= 4 is 15.5 Å². The van der Waals surface area contributed by atoms with Crippen LogP contribution in [0.15, 0.2) is 23.1 Å². The Hall–Kier alpha value is -1.65. The summed E-state index contributed by atoms with van der Waals surface area (Å²) >= 11 is 0. The molecule has 0 fully saturated rings. The number of nitrogens with two attached hydrogens (primary N) is 1. The number of hydrogen-bond acceptors (Lipinski definition) is 4. The molecule has 0 aliphatic rings. The van der Waals surface area contributed by atoms with Gasteiger partial charge in [-0.2, -0.15) is 26.3 Å². The molecule has 21 heavy (non-hydrogen) atoms. The van der Waals surface area contributed by atoms with E-state index < -0.39 is 44.6 Å². The van der Waals surface area contributed by atoms with Crippen molar-refractivity contribution in [2.45, 2.75) is 23.4 Å². The molecule has 0 heterocycles. The topological polar surface area (TPSA) is 69.4 Å². The Kier molecular flexibility index (Phi) is 4.37. The zero-order chi connectivity index (χ0) is 16.6. The first kappa shape index (κ1) is 17.4. The van der Waals surface area contributed by atoms with Crippen molar-refractivity contribution in [3.63, 3.8) is 0 Å². The zero-order valence-electron chi connectivity index (χ0n) is 10.3. The molecule has 0 aromatic heterocycles. The van der Waals surface area contributed by atoms with Gasteiger partial charge in [-0.1, -0.05) is 6.07 Å². The smallest absolute Gasteiger partial charge is 0.434 e. The molecule has 1 aromatic rings. The number of para-hydroxylation sites is 1. The average molecular weight is 337 g/mol. The maximum Gasteiger partial charge on any atom is 0.434 e. The van der Waals surface area contributed by atoms with Gasteiger partial charge in [0.1, 0.15) is 5.75 Å². The van der Waals surface area contributed by atoms with Crippen molar-refractivity contribution in [1.29, 1.82) is 0 Å². The third-order valence-electron chi connectivity index (χ3n) is 2.26. The normalized spacial score (nSPS) is 13.5. The largest absolute Gasteiger partial charge is 0.469 e. The van der Waals surface area contributed by atoms with E-state index in [0.29, 0.717) is 12.3 Å². The second-order valence-corrected chi connectivity index (χ2v) is 6.01. The van der Waals surface area contributed by atoms with Gasteiger partial charge in [-0.25, -0.2) is 8.42 Å². The van der Waals surface area contributed by atoms with Gasteiger partial charge in [0.25, 0.3) is 6.10 Å². The highest BCUT2D eigenvalue weighted by Gasteiger charge is 2.59. The van der Waals surface area contributed by atoms with Crippen LogP contribution in [0.1, 0.15) is 0 Å². The standard InChI is InChI=1S/C10H9F6NO3S/c1-21(18,19)6-4-2-3-5(7(6)17)20-8(9(11,12)13)10(14,15)16/h2-4,8H,17H2,1H3. The quantitative estimate of drug-likeness (QED) is 0.680. The lowest BCUT2D eigenvalue weighted by molar-refractivity contribution is -0.299. The maximum absolute atomic E-state index is 12.4. The van der Waals surface area contributed by atoms with Crippen LogP contribution in [0.25, 0.3) is 0 Å². The summed E-state index contributed by atoms with van der Waals surface area (Å²) in [6.45, 7) is 0. The molecule has 120 valence electrons. The molecule has 1 rings (SSSR count). The fourth-order valence-electron chi connectivity index (χ4n) is 1.40. The second kappa shape index (κ2) is 5.28. The predicted molar refractivity (Wildman–Crippen MR) is 60.5 cm³/mol. The van der Waals surface area contributed by atoms with E-state index in [1.54, 1.807) is 0 Å². The SMILES string of the molecule is CS(=O)(=O)c1cccc(OC(C(F)(F)F)C(F)(F)F)c1N. The van der Waals surface area contributed by atoms with Gasteiger partial charge in [-0.05, 0) is 12.1 Å². The van der Waals surface area contributed by atoms with E-state index in [9.17, 15) is 34.8 Å². The second-order valence-electron chi connectivity index (χ2n) is 4.02. The number of benzene rings is 1. The van der Waals surface area contributed by atoms with Crippen molar-refractivity contribution in [3.8, 4) is 5.75 Å². The fourth-order valence-corrected chi connectivity index (χ4v) is 2.22. The van der Waals surface area contributed by atoms with Crippen LogP contribution < -0.4 is 10.5 Å². The summed E-state index contributed by atoms with van der Waals surface area (Å²) in [6, 6.07) is 2.58. The molecule has 0 spiro atoms. The first-order valence-corrected chi connectivity index (χ1v) is 7.02. The van der Waals surface area contributed by atoms with Crippen LogP contribution in [-0.2, 0) is 9.84 Å². The lowest BCUT2D eigenvalue weighted by Gasteiger charge is -2.24. The molecule has 4 nitrogen and oxygen atoms in total. The van der Waals surface area contributed by atoms with Gasteiger partial charge in [0.2, 0.25) is 0 Å². The Balaban J connectivity index is 3.30. The van der Waals surface area contributed by atoms with Crippen LogP contribution >= 0.6 is 0 Å². The van der Waals surface area contributed by atoms with Crippen LogP contribution in [0.2, 0.25) is 0 Å². The van der Waals surface area contributed by atoms with E-state index >= 15 is 0 Å². The molecule has 0 aliphatic heterocycles. The molecule has 0 amide bonds. The Labute approximate surface area is 115 Å². The molecule has 0 radical (unpaired) electrons. The Morgan fingerprint density at radius 1 is 1.10 bits per heavy atom. The molecular weight excluding hydrogens is 328 g/mol. The number of rotatable bonds is 3. The molecule has 0 atom stereocenters. The molecule has 0 saturated heterocycles. The summed E-state index contributed by atoms with van der Waals surface area (Å²) in [7, 11) is -3.93. The van der Waals surface area contributed by atoms with Crippen molar-refractivity contribution in [2.24, 2.45) is 0 Å². The molecule has 0 saturated carbocycles. The van der Waals surface area contributed by atoms with Gasteiger partial charge in [0.05, 0.1) is 10.6 Å². The van der Waals surface area contributed by atoms with Crippen LogP contribution in [0.4, 0.5) is 32.0 Å². The van der Waals surface area contributed by atoms with E-state index in [-0.39, 0.29) is 0 Å². The monoisotopic (exact) mass is 337 g/mol.